The fourth-order valence-electron chi connectivity index (χ4n) is 1.73. The number of anilines is 1. The summed E-state index contributed by atoms with van der Waals surface area (Å²) in [6.07, 6.45) is -3.27. The van der Waals surface area contributed by atoms with Crippen LogP contribution in [0.15, 0.2) is 17.1 Å². The van der Waals surface area contributed by atoms with E-state index in [9.17, 15) is 15.0 Å². The number of nitrogens with two attached hydrogens (primary N) is 1. The van der Waals surface area contributed by atoms with E-state index in [1.807, 2.05) is 0 Å². The van der Waals surface area contributed by atoms with Crippen LogP contribution in [0.5, 0.6) is 0 Å². The molecule has 0 bridgehead atoms. The fourth-order valence-corrected chi connectivity index (χ4v) is 1.73. The van der Waals surface area contributed by atoms with E-state index in [4.69, 9.17) is 34.8 Å². The molecule has 22 heavy (non-hydrogen) atoms. The van der Waals surface area contributed by atoms with Gasteiger partial charge in [0.05, 0.1) is 6.61 Å². The van der Waals surface area contributed by atoms with Crippen molar-refractivity contribution >= 4 is 13.6 Å². The van der Waals surface area contributed by atoms with Crippen molar-refractivity contribution in [2.75, 3.05) is 12.3 Å². The van der Waals surface area contributed by atoms with Crippen LogP contribution in [0.1, 0.15) is 6.23 Å². The molecule has 1 fully saturated rings. The van der Waals surface area contributed by atoms with Gasteiger partial charge in [0.25, 0.3) is 0 Å². The second-order valence-corrected chi connectivity index (χ2v) is 5.31. The summed E-state index contributed by atoms with van der Waals surface area (Å²) in [5.74, 6) is 0.0537. The van der Waals surface area contributed by atoms with Crippen molar-refractivity contribution in [1.29, 1.82) is 0 Å². The van der Waals surface area contributed by atoms with Gasteiger partial charge < -0.3 is 40.5 Å². The van der Waals surface area contributed by atoms with Crippen molar-refractivity contribution in [2.45, 2.75) is 24.5 Å². The lowest BCUT2D eigenvalue weighted by Gasteiger charge is -2.16. The smallest absolute Gasteiger partial charge is 0.394 e. The van der Waals surface area contributed by atoms with E-state index in [0.717, 1.165) is 4.57 Å². The molecule has 1 aliphatic rings. The van der Waals surface area contributed by atoms with E-state index < -0.39 is 44.7 Å². The second-order valence-electron chi connectivity index (χ2n) is 4.28. The molecule has 1 aromatic rings. The third kappa shape index (κ3) is 5.12. The average Bonchev–Trinajstić information content (AvgIpc) is 2.64. The molecule has 0 unspecified atom stereocenters. The Bertz CT molecular complexity index is 594. The predicted molar refractivity (Wildman–Crippen MR) is 70.2 cm³/mol. The maximum atomic E-state index is 11.5. The third-order valence-electron chi connectivity index (χ3n) is 2.64. The fraction of sp³-hybridized carbons (Fsp3) is 0.556. The van der Waals surface area contributed by atoms with Crippen molar-refractivity contribution in [2.24, 2.45) is 0 Å². The molecule has 0 saturated carbocycles. The van der Waals surface area contributed by atoms with Crippen LogP contribution in [-0.4, -0.2) is 64.5 Å². The van der Waals surface area contributed by atoms with Crippen molar-refractivity contribution in [3.63, 3.8) is 0 Å². The number of aliphatic hydroxyl groups excluding tert-OH is 3. The second kappa shape index (κ2) is 7.26. The molecule has 4 atom stereocenters. The molecule has 0 spiro atoms. The molecule has 12 nitrogen and oxygen atoms in total. The van der Waals surface area contributed by atoms with Gasteiger partial charge in [0, 0.05) is 6.20 Å². The number of aromatic nitrogens is 2. The Morgan fingerprint density at radius 1 is 1.32 bits per heavy atom. The van der Waals surface area contributed by atoms with Crippen LogP contribution in [0.2, 0.25) is 0 Å². The highest BCUT2D eigenvalue weighted by atomic mass is 31.2. The van der Waals surface area contributed by atoms with Gasteiger partial charge in [-0.3, -0.25) is 4.57 Å². The van der Waals surface area contributed by atoms with Crippen LogP contribution in [0.4, 0.5) is 5.82 Å². The van der Waals surface area contributed by atoms with E-state index in [1.54, 1.807) is 0 Å². The third-order valence-corrected chi connectivity index (χ3v) is 2.64. The number of aliphatic hydroxyl groups is 3. The molecule has 0 aliphatic carbocycles. The number of nitrogens with zero attached hydrogens (tertiary/aromatic N) is 2. The highest BCUT2D eigenvalue weighted by Crippen LogP contribution is 2.28. The molecule has 1 saturated heterocycles. The summed E-state index contributed by atoms with van der Waals surface area (Å²) in [6.45, 7) is -0.453. The number of rotatable bonds is 2. The molecule has 126 valence electrons. The molecular formula is C9H16N3O9P. The van der Waals surface area contributed by atoms with Crippen LogP contribution in [0.3, 0.4) is 0 Å². The van der Waals surface area contributed by atoms with Gasteiger partial charge in [-0.25, -0.2) is 9.36 Å². The van der Waals surface area contributed by atoms with Crippen LogP contribution in [-0.2, 0) is 9.30 Å². The molecule has 0 aromatic carbocycles. The van der Waals surface area contributed by atoms with Gasteiger partial charge in [-0.05, 0) is 6.07 Å². The number of hydrogen-bond donors (Lipinski definition) is 7. The van der Waals surface area contributed by atoms with E-state index in [1.165, 1.54) is 12.3 Å². The van der Waals surface area contributed by atoms with Gasteiger partial charge in [-0.2, -0.15) is 4.98 Å². The average molecular weight is 341 g/mol. The molecular weight excluding hydrogens is 325 g/mol. The molecule has 1 aliphatic heterocycles. The summed E-state index contributed by atoms with van der Waals surface area (Å²) >= 11 is 0. The van der Waals surface area contributed by atoms with Gasteiger partial charge in [0.15, 0.2) is 6.23 Å². The molecule has 0 amide bonds. The van der Waals surface area contributed by atoms with Gasteiger partial charge in [-0.15, -0.1) is 0 Å². The molecule has 2 heterocycles. The summed E-state index contributed by atoms with van der Waals surface area (Å²) in [7, 11) is -4.64. The highest BCUT2D eigenvalue weighted by molar-refractivity contribution is 7.45. The molecule has 0 radical (unpaired) electrons. The van der Waals surface area contributed by atoms with Crippen LogP contribution < -0.4 is 11.4 Å². The largest absolute Gasteiger partial charge is 0.466 e. The van der Waals surface area contributed by atoms with E-state index in [0.29, 0.717) is 0 Å². The number of hydrogen-bond acceptors (Lipinski definition) is 8. The van der Waals surface area contributed by atoms with Crippen LogP contribution in [0, 0.1) is 0 Å². The summed E-state index contributed by atoms with van der Waals surface area (Å²) in [5.41, 5.74) is 4.63. The summed E-state index contributed by atoms with van der Waals surface area (Å²) in [5, 5.41) is 28.2. The Labute approximate surface area is 123 Å². The highest BCUT2D eigenvalue weighted by Gasteiger charge is 2.43. The minimum Gasteiger partial charge on any atom is -0.394 e. The number of ether oxygens (including phenoxy) is 1. The normalized spacial score (nSPS) is 28.1. The van der Waals surface area contributed by atoms with Gasteiger partial charge in [0.1, 0.15) is 24.1 Å². The summed E-state index contributed by atoms with van der Waals surface area (Å²) < 4.78 is 15.1. The maximum absolute atomic E-state index is 11.5. The molecule has 13 heteroatoms. The SMILES string of the molecule is Nc1ccn([C@@H]2O[C@H](CO)[C@@H](O)[C@H]2O)c(=O)n1.O=P(O)(O)O. The lowest BCUT2D eigenvalue weighted by molar-refractivity contribution is -0.0549. The lowest BCUT2D eigenvalue weighted by atomic mass is 10.1. The zero-order valence-electron chi connectivity index (χ0n) is 11.0. The maximum Gasteiger partial charge on any atom is 0.466 e. The topological polar surface area (TPSA) is 209 Å². The monoisotopic (exact) mass is 341 g/mol. The van der Waals surface area contributed by atoms with Crippen molar-refractivity contribution < 1.29 is 39.3 Å². The Morgan fingerprint density at radius 3 is 2.27 bits per heavy atom. The molecule has 8 N–H and O–H groups in total. The first-order chi connectivity index (χ1) is 10.0. The van der Waals surface area contributed by atoms with Crippen LogP contribution in [0.25, 0.3) is 0 Å². The zero-order chi connectivity index (χ0) is 17.1. The quantitative estimate of drug-likeness (QED) is 0.262. The van der Waals surface area contributed by atoms with Crippen molar-refractivity contribution in [3.8, 4) is 0 Å². The Hall–Kier alpha value is -1.37. The van der Waals surface area contributed by atoms with Crippen LogP contribution >= 0.6 is 7.82 Å². The first-order valence-corrected chi connectivity index (χ1v) is 7.36. The van der Waals surface area contributed by atoms with Crippen molar-refractivity contribution in [3.05, 3.63) is 22.7 Å². The van der Waals surface area contributed by atoms with E-state index in [2.05, 4.69) is 4.98 Å². The first kappa shape index (κ1) is 18.7. The zero-order valence-corrected chi connectivity index (χ0v) is 11.9. The molecule has 2 rings (SSSR count). The predicted octanol–water partition coefficient (Wildman–Crippen LogP) is -3.49. The van der Waals surface area contributed by atoms with E-state index in [-0.39, 0.29) is 5.82 Å². The minimum absolute atomic E-state index is 0.0537. The first-order valence-electron chi connectivity index (χ1n) is 5.80. The van der Waals surface area contributed by atoms with Gasteiger partial charge >= 0.3 is 13.5 Å². The number of phosphoric acid groups is 1. The molecule has 1 aromatic heterocycles. The van der Waals surface area contributed by atoms with Gasteiger partial charge in [-0.1, -0.05) is 0 Å². The number of nitrogen functional groups attached to an aromatic ring is 1. The van der Waals surface area contributed by atoms with E-state index >= 15 is 0 Å². The Kier molecular flexibility index (Phi) is 6.17. The Balaban J connectivity index is 0.000000422. The summed E-state index contributed by atoms with van der Waals surface area (Å²) in [4.78, 5) is 36.6. The lowest BCUT2D eigenvalue weighted by Crippen LogP contribution is -2.36. The van der Waals surface area contributed by atoms with Crippen molar-refractivity contribution in [1.82, 2.24) is 9.55 Å². The Morgan fingerprint density at radius 2 is 1.86 bits per heavy atom. The summed E-state index contributed by atoms with van der Waals surface area (Å²) in [6, 6.07) is 1.37. The minimum atomic E-state index is -4.64. The standard InChI is InChI=1S/C9H13N3O5.H3O4P/c10-5-1-2-12(9(16)11-5)8-7(15)6(14)4(3-13)17-8;1-5(2,3)4/h1-2,4,6-8,13-15H,3H2,(H2,10,11,16);(H3,1,2,3,4)/t4-,6-,7-,8-;/m1./s1. The van der Waals surface area contributed by atoms with Gasteiger partial charge in [0.2, 0.25) is 0 Å².